The molecule has 0 aliphatic heterocycles. The third kappa shape index (κ3) is 3.25. The molecule has 0 aromatic heterocycles. The molecule has 1 atom stereocenters. The van der Waals surface area contributed by atoms with Gasteiger partial charge in [0, 0.05) is 6.54 Å². The summed E-state index contributed by atoms with van der Waals surface area (Å²) >= 11 is 5.97. The predicted octanol–water partition coefficient (Wildman–Crippen LogP) is 2.44. The van der Waals surface area contributed by atoms with E-state index < -0.39 is 0 Å². The van der Waals surface area contributed by atoms with E-state index in [1.807, 2.05) is 25.1 Å². The zero-order valence-electron chi connectivity index (χ0n) is 7.84. The number of hydrogen-bond donors (Lipinski definition) is 2. The van der Waals surface area contributed by atoms with Crippen molar-refractivity contribution in [3.63, 3.8) is 0 Å². The number of aliphatic hydroxyl groups is 1. The van der Waals surface area contributed by atoms with Crippen LogP contribution in [0.4, 0.5) is 5.69 Å². The first kappa shape index (κ1) is 10.4. The molecular weight excluding hydrogens is 186 g/mol. The fourth-order valence-corrected chi connectivity index (χ4v) is 1.32. The number of halogens is 1. The molecule has 13 heavy (non-hydrogen) atoms. The second kappa shape index (κ2) is 4.49. The van der Waals surface area contributed by atoms with Crippen LogP contribution in [0.15, 0.2) is 18.2 Å². The van der Waals surface area contributed by atoms with Crippen LogP contribution >= 0.6 is 11.6 Å². The molecule has 0 aliphatic carbocycles. The number of nitrogens with one attached hydrogen (secondary N) is 1. The van der Waals surface area contributed by atoms with Gasteiger partial charge in [-0.2, -0.15) is 0 Å². The second-order valence-electron chi connectivity index (χ2n) is 3.21. The van der Waals surface area contributed by atoms with Crippen molar-refractivity contribution in [2.45, 2.75) is 20.0 Å². The average Bonchev–Trinajstić information content (AvgIpc) is 2.02. The molecule has 0 bridgehead atoms. The number of benzene rings is 1. The van der Waals surface area contributed by atoms with Gasteiger partial charge in [-0.3, -0.25) is 0 Å². The van der Waals surface area contributed by atoms with Crippen molar-refractivity contribution < 1.29 is 5.11 Å². The quantitative estimate of drug-likeness (QED) is 0.784. The van der Waals surface area contributed by atoms with Crippen LogP contribution in [0.2, 0.25) is 5.02 Å². The van der Waals surface area contributed by atoms with Gasteiger partial charge in [0.1, 0.15) is 0 Å². The van der Waals surface area contributed by atoms with E-state index >= 15 is 0 Å². The summed E-state index contributed by atoms with van der Waals surface area (Å²) in [6.45, 7) is 4.24. The summed E-state index contributed by atoms with van der Waals surface area (Å²) < 4.78 is 0. The third-order valence-corrected chi connectivity index (χ3v) is 2.03. The normalized spacial score (nSPS) is 12.6. The Morgan fingerprint density at radius 1 is 1.54 bits per heavy atom. The SMILES string of the molecule is Cc1ccc(NCC(C)O)c(Cl)c1. The summed E-state index contributed by atoms with van der Waals surface area (Å²) in [5.41, 5.74) is 2.00. The highest BCUT2D eigenvalue weighted by molar-refractivity contribution is 6.33. The molecule has 0 amide bonds. The Bertz CT molecular complexity index is 286. The lowest BCUT2D eigenvalue weighted by atomic mass is 10.2. The fraction of sp³-hybridized carbons (Fsp3) is 0.400. The van der Waals surface area contributed by atoms with Crippen LogP contribution in [0.25, 0.3) is 0 Å². The van der Waals surface area contributed by atoms with Gasteiger partial charge in [0.05, 0.1) is 16.8 Å². The Morgan fingerprint density at radius 3 is 2.77 bits per heavy atom. The maximum absolute atomic E-state index is 9.05. The average molecular weight is 200 g/mol. The van der Waals surface area contributed by atoms with Crippen LogP contribution in [0.1, 0.15) is 12.5 Å². The van der Waals surface area contributed by atoms with Crippen LogP contribution in [0.3, 0.4) is 0 Å². The van der Waals surface area contributed by atoms with Crippen LogP contribution in [0.5, 0.6) is 0 Å². The largest absolute Gasteiger partial charge is 0.392 e. The number of anilines is 1. The van der Waals surface area contributed by atoms with Gasteiger partial charge in [0.25, 0.3) is 0 Å². The zero-order valence-corrected chi connectivity index (χ0v) is 8.60. The highest BCUT2D eigenvalue weighted by Gasteiger charge is 2.00. The monoisotopic (exact) mass is 199 g/mol. The molecule has 1 rings (SSSR count). The molecule has 2 nitrogen and oxygen atoms in total. The summed E-state index contributed by atoms with van der Waals surface area (Å²) in [5, 5.41) is 12.8. The van der Waals surface area contributed by atoms with Gasteiger partial charge in [-0.1, -0.05) is 17.7 Å². The van der Waals surface area contributed by atoms with Crippen LogP contribution in [-0.2, 0) is 0 Å². The van der Waals surface area contributed by atoms with Crippen molar-refractivity contribution in [1.82, 2.24) is 0 Å². The number of rotatable bonds is 3. The van der Waals surface area contributed by atoms with Crippen molar-refractivity contribution in [1.29, 1.82) is 0 Å². The molecule has 0 spiro atoms. The maximum Gasteiger partial charge on any atom is 0.0684 e. The molecule has 1 aromatic rings. The van der Waals surface area contributed by atoms with E-state index in [0.29, 0.717) is 11.6 Å². The molecule has 0 fully saturated rings. The van der Waals surface area contributed by atoms with E-state index in [2.05, 4.69) is 5.32 Å². The van der Waals surface area contributed by atoms with Gasteiger partial charge in [-0.25, -0.2) is 0 Å². The van der Waals surface area contributed by atoms with Gasteiger partial charge in [0.15, 0.2) is 0 Å². The summed E-state index contributed by atoms with van der Waals surface area (Å²) in [5.74, 6) is 0. The van der Waals surface area contributed by atoms with Crippen molar-refractivity contribution in [3.05, 3.63) is 28.8 Å². The highest BCUT2D eigenvalue weighted by Crippen LogP contribution is 2.22. The summed E-state index contributed by atoms with van der Waals surface area (Å²) in [4.78, 5) is 0. The second-order valence-corrected chi connectivity index (χ2v) is 3.62. The van der Waals surface area contributed by atoms with E-state index in [1.54, 1.807) is 6.92 Å². The molecule has 1 unspecified atom stereocenters. The molecular formula is C10H14ClNO. The minimum Gasteiger partial charge on any atom is -0.392 e. The first-order chi connectivity index (χ1) is 6.09. The number of aliphatic hydroxyl groups excluding tert-OH is 1. The van der Waals surface area contributed by atoms with Gasteiger partial charge >= 0.3 is 0 Å². The van der Waals surface area contributed by atoms with E-state index in [1.165, 1.54) is 0 Å². The van der Waals surface area contributed by atoms with Gasteiger partial charge in [-0.05, 0) is 31.5 Å². The van der Waals surface area contributed by atoms with Gasteiger partial charge in [0.2, 0.25) is 0 Å². The summed E-state index contributed by atoms with van der Waals surface area (Å²) in [6.07, 6.45) is -0.364. The third-order valence-electron chi connectivity index (χ3n) is 1.71. The molecule has 3 heteroatoms. The van der Waals surface area contributed by atoms with Crippen molar-refractivity contribution >= 4 is 17.3 Å². The van der Waals surface area contributed by atoms with E-state index in [-0.39, 0.29) is 6.10 Å². The number of aryl methyl sites for hydroxylation is 1. The van der Waals surface area contributed by atoms with Crippen LogP contribution in [0, 0.1) is 6.92 Å². The first-order valence-corrected chi connectivity index (χ1v) is 4.65. The summed E-state index contributed by atoms with van der Waals surface area (Å²) in [6, 6.07) is 5.79. The van der Waals surface area contributed by atoms with Gasteiger partial charge < -0.3 is 10.4 Å². The van der Waals surface area contributed by atoms with E-state index in [0.717, 1.165) is 11.3 Å². The molecule has 0 saturated carbocycles. The minimum absolute atomic E-state index is 0.364. The Labute approximate surface area is 83.5 Å². The lowest BCUT2D eigenvalue weighted by molar-refractivity contribution is 0.208. The molecule has 0 aliphatic rings. The minimum atomic E-state index is -0.364. The number of hydrogen-bond acceptors (Lipinski definition) is 2. The van der Waals surface area contributed by atoms with E-state index in [9.17, 15) is 0 Å². The zero-order chi connectivity index (χ0) is 9.84. The maximum atomic E-state index is 9.05. The molecule has 1 aromatic carbocycles. The fourth-order valence-electron chi connectivity index (χ4n) is 1.02. The molecule has 72 valence electrons. The first-order valence-electron chi connectivity index (χ1n) is 4.27. The standard InChI is InChI=1S/C10H14ClNO/c1-7-3-4-10(9(11)5-7)12-6-8(2)13/h3-5,8,12-13H,6H2,1-2H3. The molecule has 0 radical (unpaired) electrons. The van der Waals surface area contributed by atoms with Crippen molar-refractivity contribution in [2.75, 3.05) is 11.9 Å². The van der Waals surface area contributed by atoms with Gasteiger partial charge in [-0.15, -0.1) is 0 Å². The Balaban J connectivity index is 2.67. The van der Waals surface area contributed by atoms with Crippen LogP contribution < -0.4 is 5.32 Å². The van der Waals surface area contributed by atoms with E-state index in [4.69, 9.17) is 16.7 Å². The molecule has 0 saturated heterocycles. The predicted molar refractivity (Wildman–Crippen MR) is 56.4 cm³/mol. The highest BCUT2D eigenvalue weighted by atomic mass is 35.5. The van der Waals surface area contributed by atoms with Crippen LogP contribution in [-0.4, -0.2) is 17.8 Å². The van der Waals surface area contributed by atoms with Crippen molar-refractivity contribution in [2.24, 2.45) is 0 Å². The Hall–Kier alpha value is -0.730. The lowest BCUT2D eigenvalue weighted by Crippen LogP contribution is -2.15. The molecule has 2 N–H and O–H groups in total. The Kier molecular flexibility index (Phi) is 3.58. The summed E-state index contributed by atoms with van der Waals surface area (Å²) in [7, 11) is 0. The van der Waals surface area contributed by atoms with Crippen molar-refractivity contribution in [3.8, 4) is 0 Å². The lowest BCUT2D eigenvalue weighted by Gasteiger charge is -2.10. The topological polar surface area (TPSA) is 32.3 Å². The Morgan fingerprint density at radius 2 is 2.23 bits per heavy atom. The smallest absolute Gasteiger partial charge is 0.0684 e. The molecule has 0 heterocycles.